The molecule has 3 nitrogen and oxygen atoms in total. The molecule has 4 heteroatoms. The number of pyridine rings is 1. The molecule has 0 fully saturated rings. The second-order valence-electron chi connectivity index (χ2n) is 2.92. The highest BCUT2D eigenvalue weighted by atomic mass is 79.9. The van der Waals surface area contributed by atoms with Gasteiger partial charge in [-0.25, -0.2) is 0 Å². The molecule has 1 aromatic rings. The van der Waals surface area contributed by atoms with Crippen LogP contribution in [-0.4, -0.2) is 18.1 Å². The third kappa shape index (κ3) is 4.74. The number of ether oxygens (including phenoxy) is 1. The Balaban J connectivity index is 2.38. The lowest BCUT2D eigenvalue weighted by atomic mass is 10.2. The molecule has 0 unspecified atom stereocenters. The summed E-state index contributed by atoms with van der Waals surface area (Å²) in [5, 5.41) is 0. The van der Waals surface area contributed by atoms with Gasteiger partial charge in [-0.3, -0.25) is 9.78 Å². The molecular weight excluding hydrogens is 258 g/mol. The summed E-state index contributed by atoms with van der Waals surface area (Å²) in [5.41, 5.74) is 0.878. The van der Waals surface area contributed by atoms with E-state index in [1.54, 1.807) is 6.20 Å². The predicted molar refractivity (Wildman–Crippen MR) is 62.2 cm³/mol. The second-order valence-corrected chi connectivity index (χ2v) is 3.83. The number of allylic oxidation sites excluding steroid dienone is 1. The van der Waals surface area contributed by atoms with E-state index >= 15 is 0 Å². The molecule has 0 saturated carbocycles. The summed E-state index contributed by atoms with van der Waals surface area (Å²) in [6.45, 7) is 0. The van der Waals surface area contributed by atoms with Crippen LogP contribution in [0, 0.1) is 0 Å². The molecule has 0 N–H and O–H groups in total. The van der Waals surface area contributed by atoms with Crippen molar-refractivity contribution in [3.8, 4) is 0 Å². The molecule has 0 spiro atoms. The van der Waals surface area contributed by atoms with E-state index in [9.17, 15) is 4.79 Å². The third-order valence-corrected chi connectivity index (χ3v) is 2.25. The van der Waals surface area contributed by atoms with Crippen LogP contribution in [0.15, 0.2) is 28.9 Å². The van der Waals surface area contributed by atoms with Crippen LogP contribution in [0.2, 0.25) is 0 Å². The fourth-order valence-corrected chi connectivity index (χ4v) is 1.23. The summed E-state index contributed by atoms with van der Waals surface area (Å²) in [6, 6.07) is 3.83. The first-order valence-corrected chi connectivity index (χ1v) is 5.36. The number of carbonyl (C=O) groups is 1. The minimum Gasteiger partial charge on any atom is -0.469 e. The van der Waals surface area contributed by atoms with Crippen LogP contribution >= 0.6 is 15.9 Å². The number of esters is 1. The third-order valence-electron chi connectivity index (χ3n) is 1.78. The Hall–Kier alpha value is -1.16. The minimum absolute atomic E-state index is 0.191. The molecule has 1 rings (SSSR count). The molecule has 80 valence electrons. The van der Waals surface area contributed by atoms with Crippen molar-refractivity contribution < 1.29 is 9.53 Å². The molecule has 0 bridgehead atoms. The second kappa shape index (κ2) is 6.35. The molecule has 0 saturated heterocycles. The Labute approximate surface area is 97.3 Å². The summed E-state index contributed by atoms with van der Waals surface area (Å²) in [6.07, 6.45) is 6.61. The van der Waals surface area contributed by atoms with Gasteiger partial charge in [0.15, 0.2) is 0 Å². The quantitative estimate of drug-likeness (QED) is 0.790. The zero-order valence-corrected chi connectivity index (χ0v) is 10.0. The molecule has 1 aromatic heterocycles. The van der Waals surface area contributed by atoms with Gasteiger partial charge in [0.1, 0.15) is 0 Å². The number of hydrogen-bond acceptors (Lipinski definition) is 3. The van der Waals surface area contributed by atoms with Gasteiger partial charge in [0.2, 0.25) is 0 Å². The zero-order valence-electron chi connectivity index (χ0n) is 8.44. The lowest BCUT2D eigenvalue weighted by molar-refractivity contribution is -0.140. The summed E-state index contributed by atoms with van der Waals surface area (Å²) < 4.78 is 5.48. The SMILES string of the molecule is COC(=O)CC/C=C/c1ccc(Br)cn1. The maximum absolute atomic E-state index is 10.8. The smallest absolute Gasteiger partial charge is 0.305 e. The van der Waals surface area contributed by atoms with Crippen LogP contribution in [0.3, 0.4) is 0 Å². The Morgan fingerprint density at radius 2 is 2.40 bits per heavy atom. The molecule has 1 heterocycles. The molecule has 0 radical (unpaired) electrons. The highest BCUT2D eigenvalue weighted by Crippen LogP contribution is 2.08. The Morgan fingerprint density at radius 1 is 1.60 bits per heavy atom. The van der Waals surface area contributed by atoms with Crippen LogP contribution in [-0.2, 0) is 9.53 Å². The van der Waals surface area contributed by atoms with Gasteiger partial charge >= 0.3 is 5.97 Å². The van der Waals surface area contributed by atoms with Crippen molar-refractivity contribution in [1.29, 1.82) is 0 Å². The number of hydrogen-bond donors (Lipinski definition) is 0. The average Bonchev–Trinajstić information content (AvgIpc) is 2.26. The van der Waals surface area contributed by atoms with Crippen molar-refractivity contribution in [3.63, 3.8) is 0 Å². The van der Waals surface area contributed by atoms with Gasteiger partial charge < -0.3 is 4.74 Å². The summed E-state index contributed by atoms with van der Waals surface area (Å²) in [5.74, 6) is -0.191. The standard InChI is InChI=1S/C11H12BrNO2/c1-15-11(14)5-3-2-4-10-7-6-9(12)8-13-10/h2,4,6-8H,3,5H2,1H3/b4-2+. The van der Waals surface area contributed by atoms with Crippen molar-refractivity contribution >= 4 is 28.0 Å². The van der Waals surface area contributed by atoms with Gasteiger partial charge in [-0.05, 0) is 40.6 Å². The zero-order chi connectivity index (χ0) is 11.1. The van der Waals surface area contributed by atoms with Crippen molar-refractivity contribution in [2.45, 2.75) is 12.8 Å². The van der Waals surface area contributed by atoms with Crippen molar-refractivity contribution in [2.75, 3.05) is 7.11 Å². The maximum Gasteiger partial charge on any atom is 0.305 e. The van der Waals surface area contributed by atoms with Gasteiger partial charge in [-0.15, -0.1) is 0 Å². The summed E-state index contributed by atoms with van der Waals surface area (Å²) in [7, 11) is 1.39. The molecule has 0 aliphatic heterocycles. The Bertz CT molecular complexity index is 346. The van der Waals surface area contributed by atoms with E-state index in [1.807, 2.05) is 24.3 Å². The normalized spacial score (nSPS) is 10.5. The van der Waals surface area contributed by atoms with E-state index in [2.05, 4.69) is 25.7 Å². The van der Waals surface area contributed by atoms with E-state index < -0.39 is 0 Å². The topological polar surface area (TPSA) is 39.2 Å². The van der Waals surface area contributed by atoms with Crippen LogP contribution in [0.5, 0.6) is 0 Å². The highest BCUT2D eigenvalue weighted by Gasteiger charge is 1.96. The molecule has 0 aliphatic rings. The predicted octanol–water partition coefficient (Wildman–Crippen LogP) is 2.81. The first-order valence-electron chi connectivity index (χ1n) is 4.57. The maximum atomic E-state index is 10.8. The van der Waals surface area contributed by atoms with E-state index in [4.69, 9.17) is 0 Å². The fourth-order valence-electron chi connectivity index (χ4n) is 0.993. The summed E-state index contributed by atoms with van der Waals surface area (Å²) in [4.78, 5) is 15.0. The van der Waals surface area contributed by atoms with Gasteiger partial charge in [0.05, 0.1) is 12.8 Å². The van der Waals surface area contributed by atoms with Crippen LogP contribution in [0.25, 0.3) is 6.08 Å². The van der Waals surface area contributed by atoms with Crippen LogP contribution in [0.4, 0.5) is 0 Å². The van der Waals surface area contributed by atoms with E-state index in [1.165, 1.54) is 7.11 Å². The van der Waals surface area contributed by atoms with Crippen LogP contribution < -0.4 is 0 Å². The number of aromatic nitrogens is 1. The first kappa shape index (κ1) is 11.9. The number of nitrogens with zero attached hydrogens (tertiary/aromatic N) is 1. The van der Waals surface area contributed by atoms with E-state index in [-0.39, 0.29) is 5.97 Å². The molecule has 15 heavy (non-hydrogen) atoms. The molecule has 0 atom stereocenters. The number of carbonyl (C=O) groups excluding carboxylic acids is 1. The van der Waals surface area contributed by atoms with E-state index in [0.717, 1.165) is 10.2 Å². The van der Waals surface area contributed by atoms with Gasteiger partial charge in [-0.2, -0.15) is 0 Å². The average molecular weight is 270 g/mol. The van der Waals surface area contributed by atoms with Gasteiger partial charge in [0, 0.05) is 17.1 Å². The highest BCUT2D eigenvalue weighted by molar-refractivity contribution is 9.10. The lowest BCUT2D eigenvalue weighted by Gasteiger charge is -1.95. The van der Waals surface area contributed by atoms with Crippen molar-refractivity contribution in [3.05, 3.63) is 34.6 Å². The Kier molecular flexibility index (Phi) is 5.04. The number of halogens is 1. The number of methoxy groups -OCH3 is 1. The monoisotopic (exact) mass is 269 g/mol. The molecule has 0 amide bonds. The van der Waals surface area contributed by atoms with Crippen molar-refractivity contribution in [2.24, 2.45) is 0 Å². The fraction of sp³-hybridized carbons (Fsp3) is 0.273. The molecule has 0 aliphatic carbocycles. The van der Waals surface area contributed by atoms with Gasteiger partial charge in [-0.1, -0.05) is 6.08 Å². The van der Waals surface area contributed by atoms with Crippen molar-refractivity contribution in [1.82, 2.24) is 4.98 Å². The largest absolute Gasteiger partial charge is 0.469 e. The molecule has 0 aromatic carbocycles. The van der Waals surface area contributed by atoms with Gasteiger partial charge in [0.25, 0.3) is 0 Å². The minimum atomic E-state index is -0.191. The lowest BCUT2D eigenvalue weighted by Crippen LogP contribution is -1.97. The number of rotatable bonds is 4. The van der Waals surface area contributed by atoms with Crippen LogP contribution in [0.1, 0.15) is 18.5 Å². The molecular formula is C11H12BrNO2. The Morgan fingerprint density at radius 3 is 3.00 bits per heavy atom. The first-order chi connectivity index (χ1) is 7.22. The van der Waals surface area contributed by atoms with E-state index in [0.29, 0.717) is 12.8 Å². The summed E-state index contributed by atoms with van der Waals surface area (Å²) >= 11 is 3.31.